The van der Waals surface area contributed by atoms with Gasteiger partial charge >= 0.3 is 0 Å². The number of amides is 2. The molecule has 2 aromatic rings. The highest BCUT2D eigenvalue weighted by atomic mass is 35.5. The van der Waals surface area contributed by atoms with E-state index in [9.17, 15) is 9.59 Å². The van der Waals surface area contributed by atoms with Gasteiger partial charge in [-0.1, -0.05) is 29.8 Å². The third-order valence-corrected chi connectivity index (χ3v) is 5.39. The standard InChI is InChI=1S/C25H29ClN2O4/c1-15(2)31-14-13-28-24(29)22(18-9-11-19(12-10-18)32-16(3)4)23(25(28)30)27-21-8-6-7-20(26)17(21)5/h6-12,15-16,27H,13-14H2,1-5H3. The molecule has 0 spiro atoms. The summed E-state index contributed by atoms with van der Waals surface area (Å²) in [5.74, 6) is -0.0511. The van der Waals surface area contributed by atoms with Crippen LogP contribution in [0.3, 0.4) is 0 Å². The lowest BCUT2D eigenvalue weighted by atomic mass is 10.0. The van der Waals surface area contributed by atoms with Gasteiger partial charge in [-0.25, -0.2) is 0 Å². The Morgan fingerprint density at radius 3 is 2.28 bits per heavy atom. The third-order valence-electron chi connectivity index (χ3n) is 4.98. The quantitative estimate of drug-likeness (QED) is 0.534. The molecule has 1 aliphatic rings. The number of anilines is 1. The van der Waals surface area contributed by atoms with Gasteiger partial charge in [-0.15, -0.1) is 0 Å². The summed E-state index contributed by atoms with van der Waals surface area (Å²) in [6, 6.07) is 12.6. The Morgan fingerprint density at radius 2 is 1.66 bits per heavy atom. The zero-order valence-corrected chi connectivity index (χ0v) is 19.8. The number of halogens is 1. The zero-order chi connectivity index (χ0) is 23.4. The summed E-state index contributed by atoms with van der Waals surface area (Å²) in [5.41, 5.74) is 2.64. The van der Waals surface area contributed by atoms with Crippen LogP contribution in [0, 0.1) is 6.92 Å². The maximum Gasteiger partial charge on any atom is 0.278 e. The molecule has 0 unspecified atom stereocenters. The van der Waals surface area contributed by atoms with Crippen LogP contribution in [-0.4, -0.2) is 42.1 Å². The van der Waals surface area contributed by atoms with Gasteiger partial charge in [0.1, 0.15) is 11.4 Å². The molecule has 1 N–H and O–H groups in total. The van der Waals surface area contributed by atoms with Gasteiger partial charge in [0.05, 0.1) is 30.9 Å². The molecule has 0 aliphatic carbocycles. The largest absolute Gasteiger partial charge is 0.491 e. The summed E-state index contributed by atoms with van der Waals surface area (Å²) < 4.78 is 11.3. The predicted octanol–water partition coefficient (Wildman–Crippen LogP) is 5.05. The summed E-state index contributed by atoms with van der Waals surface area (Å²) in [6.45, 7) is 10.0. The molecule has 0 saturated carbocycles. The number of benzene rings is 2. The van der Waals surface area contributed by atoms with Crippen LogP contribution in [0.2, 0.25) is 5.02 Å². The van der Waals surface area contributed by atoms with E-state index in [0.29, 0.717) is 27.6 Å². The second-order valence-corrected chi connectivity index (χ2v) is 8.57. The number of nitrogens with one attached hydrogen (secondary N) is 1. The van der Waals surface area contributed by atoms with E-state index >= 15 is 0 Å². The van der Waals surface area contributed by atoms with Gasteiger partial charge < -0.3 is 14.8 Å². The average molecular weight is 457 g/mol. The number of carbonyl (C=O) groups excluding carboxylic acids is 2. The molecule has 1 heterocycles. The number of rotatable bonds is 9. The fourth-order valence-electron chi connectivity index (χ4n) is 3.39. The zero-order valence-electron chi connectivity index (χ0n) is 19.1. The van der Waals surface area contributed by atoms with Gasteiger partial charge in [-0.2, -0.15) is 0 Å². The molecule has 2 aromatic carbocycles. The van der Waals surface area contributed by atoms with E-state index in [1.54, 1.807) is 36.4 Å². The lowest BCUT2D eigenvalue weighted by Crippen LogP contribution is -2.35. The van der Waals surface area contributed by atoms with Gasteiger partial charge in [0.2, 0.25) is 0 Å². The van der Waals surface area contributed by atoms with Gasteiger partial charge in [0, 0.05) is 10.7 Å². The molecule has 7 heteroatoms. The Hall–Kier alpha value is -2.83. The van der Waals surface area contributed by atoms with Crippen molar-refractivity contribution in [3.05, 3.63) is 64.3 Å². The van der Waals surface area contributed by atoms with Crippen LogP contribution in [0.1, 0.15) is 38.8 Å². The minimum atomic E-state index is -0.390. The summed E-state index contributed by atoms with van der Waals surface area (Å²) in [6.07, 6.45) is 0.0460. The van der Waals surface area contributed by atoms with E-state index in [1.807, 2.05) is 40.7 Å². The van der Waals surface area contributed by atoms with Gasteiger partial charge in [0.25, 0.3) is 11.8 Å². The van der Waals surface area contributed by atoms with E-state index < -0.39 is 0 Å². The Balaban J connectivity index is 1.98. The van der Waals surface area contributed by atoms with E-state index in [4.69, 9.17) is 21.1 Å². The molecule has 0 bridgehead atoms. The number of hydrogen-bond donors (Lipinski definition) is 1. The highest BCUT2D eigenvalue weighted by Gasteiger charge is 2.39. The number of hydrogen-bond acceptors (Lipinski definition) is 5. The third kappa shape index (κ3) is 5.31. The van der Waals surface area contributed by atoms with Crippen LogP contribution in [0.15, 0.2) is 48.2 Å². The fraction of sp³-hybridized carbons (Fsp3) is 0.360. The molecule has 32 heavy (non-hydrogen) atoms. The Labute approximate surface area is 194 Å². The minimum absolute atomic E-state index is 0.00967. The maximum atomic E-state index is 13.3. The second kappa shape index (κ2) is 10.2. The van der Waals surface area contributed by atoms with Crippen molar-refractivity contribution in [2.75, 3.05) is 18.5 Å². The van der Waals surface area contributed by atoms with Crippen molar-refractivity contribution >= 4 is 34.7 Å². The molecule has 2 amide bonds. The molecular weight excluding hydrogens is 428 g/mol. The fourth-order valence-corrected chi connectivity index (χ4v) is 3.57. The lowest BCUT2D eigenvalue weighted by Gasteiger charge is -2.17. The number of nitrogens with zero attached hydrogens (tertiary/aromatic N) is 1. The van der Waals surface area contributed by atoms with Crippen molar-refractivity contribution in [2.45, 2.75) is 46.8 Å². The van der Waals surface area contributed by atoms with Crippen LogP contribution < -0.4 is 10.1 Å². The molecule has 1 aliphatic heterocycles. The van der Waals surface area contributed by atoms with E-state index in [1.165, 1.54) is 4.90 Å². The SMILES string of the molecule is Cc1c(Cl)cccc1NC1=C(c2ccc(OC(C)C)cc2)C(=O)N(CCOC(C)C)C1=O. The average Bonchev–Trinajstić information content (AvgIpc) is 2.95. The van der Waals surface area contributed by atoms with E-state index in [0.717, 1.165) is 5.56 Å². The van der Waals surface area contributed by atoms with Crippen molar-refractivity contribution in [2.24, 2.45) is 0 Å². The first-order valence-corrected chi connectivity index (χ1v) is 11.1. The van der Waals surface area contributed by atoms with Crippen molar-refractivity contribution in [1.82, 2.24) is 4.90 Å². The Bertz CT molecular complexity index is 1030. The van der Waals surface area contributed by atoms with Gasteiger partial charge in [0.15, 0.2) is 0 Å². The van der Waals surface area contributed by atoms with E-state index in [-0.39, 0.29) is 42.9 Å². The van der Waals surface area contributed by atoms with Crippen molar-refractivity contribution < 1.29 is 19.1 Å². The van der Waals surface area contributed by atoms with Crippen molar-refractivity contribution in [3.8, 4) is 5.75 Å². The smallest absolute Gasteiger partial charge is 0.278 e. The Kier molecular flexibility index (Phi) is 7.59. The van der Waals surface area contributed by atoms with Gasteiger partial charge in [-0.05, 0) is 70.0 Å². The number of imide groups is 1. The first kappa shape index (κ1) is 23.8. The molecule has 0 atom stereocenters. The van der Waals surface area contributed by atoms with Crippen LogP contribution in [0.25, 0.3) is 5.57 Å². The van der Waals surface area contributed by atoms with Crippen LogP contribution in [0.5, 0.6) is 5.75 Å². The van der Waals surface area contributed by atoms with E-state index in [2.05, 4.69) is 5.32 Å². The molecule has 0 fully saturated rings. The second-order valence-electron chi connectivity index (χ2n) is 8.16. The van der Waals surface area contributed by atoms with Crippen LogP contribution >= 0.6 is 11.6 Å². The number of carbonyl (C=O) groups is 2. The molecule has 3 rings (SSSR count). The molecule has 0 aromatic heterocycles. The van der Waals surface area contributed by atoms with Crippen LogP contribution in [-0.2, 0) is 14.3 Å². The van der Waals surface area contributed by atoms with Gasteiger partial charge in [-0.3, -0.25) is 14.5 Å². The molecule has 6 nitrogen and oxygen atoms in total. The van der Waals surface area contributed by atoms with Crippen LogP contribution in [0.4, 0.5) is 5.69 Å². The normalized spacial score (nSPS) is 14.2. The topological polar surface area (TPSA) is 67.9 Å². The highest BCUT2D eigenvalue weighted by Crippen LogP contribution is 2.33. The molecular formula is C25H29ClN2O4. The maximum absolute atomic E-state index is 13.3. The molecule has 0 saturated heterocycles. The lowest BCUT2D eigenvalue weighted by molar-refractivity contribution is -0.137. The summed E-state index contributed by atoms with van der Waals surface area (Å²) in [4.78, 5) is 27.8. The van der Waals surface area contributed by atoms with Crippen molar-refractivity contribution in [1.29, 1.82) is 0 Å². The summed E-state index contributed by atoms with van der Waals surface area (Å²) in [5, 5.41) is 3.74. The number of ether oxygens (including phenoxy) is 2. The first-order chi connectivity index (χ1) is 15.2. The minimum Gasteiger partial charge on any atom is -0.491 e. The molecule has 170 valence electrons. The Morgan fingerprint density at radius 1 is 0.969 bits per heavy atom. The molecule has 0 radical (unpaired) electrons. The van der Waals surface area contributed by atoms with Crippen molar-refractivity contribution in [3.63, 3.8) is 0 Å². The monoisotopic (exact) mass is 456 g/mol. The predicted molar refractivity (Wildman–Crippen MR) is 127 cm³/mol. The highest BCUT2D eigenvalue weighted by molar-refractivity contribution is 6.36. The first-order valence-electron chi connectivity index (χ1n) is 10.7. The summed E-state index contributed by atoms with van der Waals surface area (Å²) >= 11 is 6.25. The summed E-state index contributed by atoms with van der Waals surface area (Å²) in [7, 11) is 0.